The molecule has 1 aromatic carbocycles. The van der Waals surface area contributed by atoms with E-state index in [0.29, 0.717) is 0 Å². The van der Waals surface area contributed by atoms with E-state index in [4.69, 9.17) is 0 Å². The Balaban J connectivity index is 1.72. The lowest BCUT2D eigenvalue weighted by molar-refractivity contribution is 0.0686. The molecule has 0 bridgehead atoms. The third kappa shape index (κ3) is 3.93. The van der Waals surface area contributed by atoms with Crippen LogP contribution >= 0.6 is 0 Å². The lowest BCUT2D eigenvalue weighted by Gasteiger charge is -2.32. The Labute approximate surface area is 150 Å². The van der Waals surface area contributed by atoms with Crippen molar-refractivity contribution >= 4 is 5.91 Å². The standard InChI is InChI=1S/C20H28N4O/c1-3-19-18(15-22-24(19)17-7-5-4-6-8-17)20(25)23-13-10-16(11-14-23)9-12-21-2/h4-8,15-16,21H,3,9-14H2,1-2H3. The Morgan fingerprint density at radius 3 is 2.60 bits per heavy atom. The first-order valence-corrected chi connectivity index (χ1v) is 9.30. The molecule has 134 valence electrons. The Morgan fingerprint density at radius 1 is 1.24 bits per heavy atom. The number of aromatic nitrogens is 2. The first kappa shape index (κ1) is 17.7. The number of nitrogens with one attached hydrogen (secondary N) is 1. The number of benzene rings is 1. The minimum atomic E-state index is 0.131. The van der Waals surface area contributed by atoms with Crippen LogP contribution in [0, 0.1) is 5.92 Å². The van der Waals surface area contributed by atoms with Gasteiger partial charge in [0, 0.05) is 13.1 Å². The molecule has 2 aromatic rings. The molecule has 1 N–H and O–H groups in total. The molecule has 0 spiro atoms. The van der Waals surface area contributed by atoms with Gasteiger partial charge < -0.3 is 10.2 Å². The number of nitrogens with zero attached hydrogens (tertiary/aromatic N) is 3. The van der Waals surface area contributed by atoms with Gasteiger partial charge in [0.1, 0.15) is 0 Å². The maximum Gasteiger partial charge on any atom is 0.257 e. The number of amides is 1. The molecule has 0 saturated carbocycles. The van der Waals surface area contributed by atoms with Crippen LogP contribution in [0.15, 0.2) is 36.5 Å². The molecule has 1 aromatic heterocycles. The van der Waals surface area contributed by atoms with Crippen molar-refractivity contribution in [1.29, 1.82) is 0 Å². The van der Waals surface area contributed by atoms with Gasteiger partial charge in [-0.05, 0) is 57.3 Å². The van der Waals surface area contributed by atoms with Crippen molar-refractivity contribution in [2.45, 2.75) is 32.6 Å². The van der Waals surface area contributed by atoms with Crippen molar-refractivity contribution in [3.8, 4) is 5.69 Å². The Kier molecular flexibility index (Phi) is 5.87. The van der Waals surface area contributed by atoms with Crippen molar-refractivity contribution < 1.29 is 4.79 Å². The van der Waals surface area contributed by atoms with Crippen molar-refractivity contribution in [3.05, 3.63) is 47.8 Å². The summed E-state index contributed by atoms with van der Waals surface area (Å²) in [5, 5.41) is 7.71. The molecule has 5 heteroatoms. The fourth-order valence-corrected chi connectivity index (χ4v) is 3.63. The summed E-state index contributed by atoms with van der Waals surface area (Å²) in [4.78, 5) is 15.0. The number of piperidine rings is 1. The van der Waals surface area contributed by atoms with Gasteiger partial charge in [0.25, 0.3) is 5.91 Å². The molecule has 5 nitrogen and oxygen atoms in total. The van der Waals surface area contributed by atoms with Gasteiger partial charge in [-0.3, -0.25) is 4.79 Å². The van der Waals surface area contributed by atoms with Crippen LogP contribution in [0.4, 0.5) is 0 Å². The van der Waals surface area contributed by atoms with Gasteiger partial charge in [-0.15, -0.1) is 0 Å². The highest BCUT2D eigenvalue weighted by molar-refractivity contribution is 5.95. The van der Waals surface area contributed by atoms with E-state index in [1.807, 2.05) is 47.0 Å². The number of likely N-dealkylation sites (tertiary alicyclic amines) is 1. The fourth-order valence-electron chi connectivity index (χ4n) is 3.63. The lowest BCUT2D eigenvalue weighted by Crippen LogP contribution is -2.39. The van der Waals surface area contributed by atoms with Crippen LogP contribution in [0.1, 0.15) is 42.2 Å². The highest BCUT2D eigenvalue weighted by atomic mass is 16.2. The molecule has 0 atom stereocenters. The van der Waals surface area contributed by atoms with E-state index in [1.54, 1.807) is 6.20 Å². The summed E-state index contributed by atoms with van der Waals surface area (Å²) in [6.07, 6.45) is 5.92. The number of rotatable bonds is 6. The van der Waals surface area contributed by atoms with Crippen LogP contribution in [0.3, 0.4) is 0 Å². The number of hydrogen-bond acceptors (Lipinski definition) is 3. The van der Waals surface area contributed by atoms with E-state index in [2.05, 4.69) is 17.3 Å². The zero-order chi connectivity index (χ0) is 17.6. The zero-order valence-electron chi connectivity index (χ0n) is 15.2. The molecule has 0 radical (unpaired) electrons. The molecule has 0 unspecified atom stereocenters. The maximum absolute atomic E-state index is 13.0. The second kappa shape index (κ2) is 8.30. The number of para-hydroxylation sites is 1. The molecule has 25 heavy (non-hydrogen) atoms. The third-order valence-electron chi connectivity index (χ3n) is 5.14. The number of carbonyl (C=O) groups is 1. The predicted octanol–water partition coefficient (Wildman–Crippen LogP) is 2.90. The molecule has 0 aliphatic carbocycles. The van der Waals surface area contributed by atoms with E-state index in [0.717, 1.165) is 61.8 Å². The molecule has 1 aliphatic heterocycles. The average Bonchev–Trinajstić information content (AvgIpc) is 3.11. The summed E-state index contributed by atoms with van der Waals surface area (Å²) in [6.45, 7) is 4.85. The summed E-state index contributed by atoms with van der Waals surface area (Å²) in [6, 6.07) is 10.0. The highest BCUT2D eigenvalue weighted by Gasteiger charge is 2.26. The molecule has 1 fully saturated rings. The van der Waals surface area contributed by atoms with Crippen LogP contribution in [-0.2, 0) is 6.42 Å². The molecule has 1 aliphatic rings. The minimum Gasteiger partial charge on any atom is -0.339 e. The Hall–Kier alpha value is -2.14. The first-order chi connectivity index (χ1) is 12.2. The largest absolute Gasteiger partial charge is 0.339 e. The highest BCUT2D eigenvalue weighted by Crippen LogP contribution is 2.23. The Bertz CT molecular complexity index is 687. The average molecular weight is 340 g/mol. The van der Waals surface area contributed by atoms with Crippen LogP contribution in [0.25, 0.3) is 5.69 Å². The summed E-state index contributed by atoms with van der Waals surface area (Å²) in [5.74, 6) is 0.861. The van der Waals surface area contributed by atoms with Crippen LogP contribution in [-0.4, -0.2) is 47.3 Å². The molecule has 2 heterocycles. The summed E-state index contributed by atoms with van der Waals surface area (Å²) in [7, 11) is 2.00. The topological polar surface area (TPSA) is 50.2 Å². The quantitative estimate of drug-likeness (QED) is 0.880. The second-order valence-corrected chi connectivity index (χ2v) is 6.73. The van der Waals surface area contributed by atoms with E-state index < -0.39 is 0 Å². The van der Waals surface area contributed by atoms with Gasteiger partial charge in [0.2, 0.25) is 0 Å². The van der Waals surface area contributed by atoms with Gasteiger partial charge in [-0.25, -0.2) is 4.68 Å². The number of hydrogen-bond donors (Lipinski definition) is 1. The fraction of sp³-hybridized carbons (Fsp3) is 0.500. The van der Waals surface area contributed by atoms with Crippen molar-refractivity contribution in [3.63, 3.8) is 0 Å². The third-order valence-corrected chi connectivity index (χ3v) is 5.14. The lowest BCUT2D eigenvalue weighted by atomic mass is 9.93. The van der Waals surface area contributed by atoms with Gasteiger partial charge >= 0.3 is 0 Å². The SMILES string of the molecule is CCc1c(C(=O)N2CCC(CCNC)CC2)cnn1-c1ccccc1. The smallest absolute Gasteiger partial charge is 0.257 e. The van der Waals surface area contributed by atoms with Crippen LogP contribution in [0.2, 0.25) is 0 Å². The van der Waals surface area contributed by atoms with E-state index >= 15 is 0 Å². The van der Waals surface area contributed by atoms with Crippen molar-refractivity contribution in [1.82, 2.24) is 20.0 Å². The van der Waals surface area contributed by atoms with Gasteiger partial charge in [0.05, 0.1) is 23.1 Å². The first-order valence-electron chi connectivity index (χ1n) is 9.30. The molecule has 1 saturated heterocycles. The van der Waals surface area contributed by atoms with Gasteiger partial charge in [-0.2, -0.15) is 5.10 Å². The predicted molar refractivity (Wildman–Crippen MR) is 100 cm³/mol. The normalized spacial score (nSPS) is 15.5. The van der Waals surface area contributed by atoms with E-state index in [1.165, 1.54) is 6.42 Å². The van der Waals surface area contributed by atoms with Gasteiger partial charge in [0.15, 0.2) is 0 Å². The molecular weight excluding hydrogens is 312 g/mol. The second-order valence-electron chi connectivity index (χ2n) is 6.73. The van der Waals surface area contributed by atoms with Crippen LogP contribution in [0.5, 0.6) is 0 Å². The molecule has 1 amide bonds. The zero-order valence-corrected chi connectivity index (χ0v) is 15.2. The molecule has 3 rings (SSSR count). The summed E-state index contributed by atoms with van der Waals surface area (Å²) >= 11 is 0. The van der Waals surface area contributed by atoms with Gasteiger partial charge in [-0.1, -0.05) is 25.1 Å². The summed E-state index contributed by atoms with van der Waals surface area (Å²) in [5.41, 5.74) is 2.75. The van der Waals surface area contributed by atoms with E-state index in [9.17, 15) is 4.79 Å². The van der Waals surface area contributed by atoms with Crippen LogP contribution < -0.4 is 5.32 Å². The van der Waals surface area contributed by atoms with Crippen molar-refractivity contribution in [2.75, 3.05) is 26.7 Å². The minimum absolute atomic E-state index is 0.131. The monoisotopic (exact) mass is 340 g/mol. The summed E-state index contributed by atoms with van der Waals surface area (Å²) < 4.78 is 1.90. The van der Waals surface area contributed by atoms with E-state index in [-0.39, 0.29) is 5.91 Å². The molecular formula is C20H28N4O. The maximum atomic E-state index is 13.0. The van der Waals surface area contributed by atoms with Crippen molar-refractivity contribution in [2.24, 2.45) is 5.92 Å². The Morgan fingerprint density at radius 2 is 1.96 bits per heavy atom. The number of carbonyl (C=O) groups excluding carboxylic acids is 1.